The van der Waals surface area contributed by atoms with Crippen molar-refractivity contribution in [3.05, 3.63) is 0 Å². The number of hydrogen-bond donors (Lipinski definition) is 6. The van der Waals surface area contributed by atoms with E-state index in [-0.39, 0.29) is 13.1 Å². The third-order valence-corrected chi connectivity index (χ3v) is 2.17. The van der Waals surface area contributed by atoms with Crippen molar-refractivity contribution in [2.75, 3.05) is 39.3 Å². The van der Waals surface area contributed by atoms with Crippen LogP contribution in [0.2, 0.25) is 0 Å². The number of nitrogens with zero attached hydrogens (tertiary/aromatic N) is 2. The van der Waals surface area contributed by atoms with Crippen LogP contribution >= 0.6 is 0 Å². The Bertz CT molecular complexity index is 398. The molecular weight excluding hydrogens is 352 g/mol. The van der Waals surface area contributed by atoms with E-state index in [1.165, 1.54) is 0 Å². The van der Waals surface area contributed by atoms with Gasteiger partial charge in [-0.3, -0.25) is 33.4 Å². The summed E-state index contributed by atoms with van der Waals surface area (Å²) >= 11 is 0. The summed E-state index contributed by atoms with van der Waals surface area (Å²) in [7, 11) is -3.13. The molecule has 0 aromatic heterocycles. The van der Waals surface area contributed by atoms with Gasteiger partial charge in [-0.25, -0.2) is 0 Å². The molecule has 6 N–H and O–H groups in total. The lowest BCUT2D eigenvalue weighted by atomic mass is 10.4. The lowest BCUT2D eigenvalue weighted by molar-refractivity contribution is -0.145. The predicted molar refractivity (Wildman–Crippen MR) is 74.3 cm³/mol. The van der Waals surface area contributed by atoms with Crippen molar-refractivity contribution in [1.82, 2.24) is 9.80 Å². The van der Waals surface area contributed by atoms with Crippen molar-refractivity contribution < 1.29 is 53.7 Å². The minimum Gasteiger partial charge on any atom is -0.511 e. The van der Waals surface area contributed by atoms with E-state index in [0.717, 1.165) is 9.80 Å². The van der Waals surface area contributed by atoms with Crippen molar-refractivity contribution in [1.29, 1.82) is 0 Å². The fourth-order valence-electron chi connectivity index (χ4n) is 1.48. The van der Waals surface area contributed by atoms with E-state index in [9.17, 15) is 19.2 Å². The lowest BCUT2D eigenvalue weighted by Crippen LogP contribution is -2.43. The number of rotatable bonds is 11. The van der Waals surface area contributed by atoms with Gasteiger partial charge in [0.1, 0.15) is 0 Å². The van der Waals surface area contributed by atoms with Crippen LogP contribution < -0.4 is 0 Å². The maximum absolute atomic E-state index is 10.6. The van der Waals surface area contributed by atoms with E-state index in [1.807, 2.05) is 0 Å². The summed E-state index contributed by atoms with van der Waals surface area (Å²) in [6, 6.07) is 0. The van der Waals surface area contributed by atoms with Crippen LogP contribution in [-0.2, 0) is 23.6 Å². The number of hydrogen-bond acceptors (Lipinski definition) is 7. The third-order valence-electron chi connectivity index (χ3n) is 2.17. The van der Waals surface area contributed by atoms with E-state index < -0.39 is 59.2 Å². The van der Waals surface area contributed by atoms with Crippen LogP contribution in [0.5, 0.6) is 0 Å². The zero-order chi connectivity index (χ0) is 19.3. The van der Waals surface area contributed by atoms with E-state index in [2.05, 4.69) is 0 Å². The molecule has 0 aliphatic carbocycles. The summed E-state index contributed by atoms with van der Waals surface area (Å²) in [6.45, 7) is -2.25. The maximum atomic E-state index is 10.6. The van der Waals surface area contributed by atoms with Gasteiger partial charge in [0.25, 0.3) is 0 Å². The first-order valence-electron chi connectivity index (χ1n) is 6.17. The van der Waals surface area contributed by atoms with Gasteiger partial charge >= 0.3 is 33.0 Å². The molecule has 0 aliphatic heterocycles. The monoisotopic (exact) mass is 370 g/mol. The summed E-state index contributed by atoms with van der Waals surface area (Å²) in [5, 5.41) is 34.5. The van der Waals surface area contributed by atoms with Gasteiger partial charge in [0.15, 0.2) is 0 Å². The van der Waals surface area contributed by atoms with Crippen LogP contribution in [0.25, 0.3) is 0 Å². The smallest absolute Gasteiger partial charge is 0.511 e. The van der Waals surface area contributed by atoms with Crippen molar-refractivity contribution in [3.8, 4) is 0 Å². The van der Waals surface area contributed by atoms with Gasteiger partial charge in [0.2, 0.25) is 0 Å². The van der Waals surface area contributed by atoms with Crippen LogP contribution in [0.4, 0.5) is 0 Å². The molecule has 0 rings (SSSR count). The zero-order valence-corrected chi connectivity index (χ0v) is 13.4. The Morgan fingerprint density at radius 2 is 0.792 bits per heavy atom. The molecule has 138 valence electrons. The van der Waals surface area contributed by atoms with Gasteiger partial charge in [0, 0.05) is 13.1 Å². The molecule has 0 saturated heterocycles. The first-order valence-corrected chi connectivity index (χ1v) is 7.48. The predicted octanol–water partition coefficient (Wildman–Crippen LogP) is -3.68. The average molecular weight is 370 g/mol. The fourth-order valence-corrected chi connectivity index (χ4v) is 1.48. The van der Waals surface area contributed by atoms with Crippen LogP contribution in [0, 0.1) is 0 Å². The number of carbonyl (C=O) groups is 4. The largest absolute Gasteiger partial charge is 0.761 e. The van der Waals surface area contributed by atoms with Crippen LogP contribution in [0.1, 0.15) is 0 Å². The van der Waals surface area contributed by atoms with Crippen LogP contribution in [0.3, 0.4) is 0 Å². The van der Waals surface area contributed by atoms with E-state index >= 15 is 0 Å². The maximum Gasteiger partial charge on any atom is 0.761 e. The van der Waals surface area contributed by atoms with Crippen molar-refractivity contribution in [2.45, 2.75) is 0 Å². The molecule has 0 aromatic rings. The quantitative estimate of drug-likeness (QED) is 0.193. The summed E-state index contributed by atoms with van der Waals surface area (Å²) in [6.07, 6.45) is 0. The van der Waals surface area contributed by atoms with Gasteiger partial charge in [-0.1, -0.05) is 0 Å². The number of carboxylic acid groups (broad SMARTS) is 4. The van der Waals surface area contributed by atoms with Gasteiger partial charge in [-0.05, 0) is 0 Å². The molecule has 0 radical (unpaired) electrons. The zero-order valence-electron chi connectivity index (χ0n) is 12.4. The molecule has 0 bridgehead atoms. The summed E-state index contributed by atoms with van der Waals surface area (Å²) in [5.74, 6) is -4.91. The molecule has 0 heterocycles. The van der Waals surface area contributed by atoms with Crippen LogP contribution in [0.15, 0.2) is 0 Å². The van der Waals surface area contributed by atoms with Crippen molar-refractivity contribution in [3.63, 3.8) is 0 Å². The standard InChI is InChI=1S/C10H16N2O8.H2O3Si/c13-7(14)3-11(4-8(15)16)1-2-12(5-9(17)18)6-10(19)20;1-4(2)3/h1-6H2,(H,13,14)(H,15,16)(H,17,18)(H,19,20);1-2H. The topological polar surface area (TPSA) is 213 Å². The van der Waals surface area contributed by atoms with Crippen LogP contribution in [-0.4, -0.2) is 112 Å². The Morgan fingerprint density at radius 3 is 0.917 bits per heavy atom. The summed E-state index contributed by atoms with van der Waals surface area (Å²) < 4.78 is 8.74. The molecular formula is C10H18N2O11Si. The van der Waals surface area contributed by atoms with Gasteiger partial charge in [0.05, 0.1) is 26.2 Å². The Labute approximate surface area is 136 Å². The minimum atomic E-state index is -3.13. The molecule has 0 amide bonds. The lowest BCUT2D eigenvalue weighted by Gasteiger charge is -2.23. The number of carboxylic acids is 4. The molecule has 13 nitrogen and oxygen atoms in total. The molecule has 0 aliphatic rings. The Morgan fingerprint density at radius 1 is 0.625 bits per heavy atom. The molecule has 0 fully saturated rings. The molecule has 0 saturated carbocycles. The van der Waals surface area contributed by atoms with Gasteiger partial charge in [-0.15, -0.1) is 0 Å². The highest BCUT2D eigenvalue weighted by molar-refractivity contribution is 6.22. The molecule has 24 heavy (non-hydrogen) atoms. The number of aliphatic carboxylic acids is 4. The van der Waals surface area contributed by atoms with E-state index in [4.69, 9.17) is 34.5 Å². The highest BCUT2D eigenvalue weighted by atomic mass is 28.3. The second-order valence-corrected chi connectivity index (χ2v) is 4.84. The normalized spacial score (nSPS) is 9.92. The van der Waals surface area contributed by atoms with E-state index in [0.29, 0.717) is 0 Å². The van der Waals surface area contributed by atoms with Crippen molar-refractivity contribution in [2.24, 2.45) is 0 Å². The molecule has 0 atom stereocenters. The van der Waals surface area contributed by atoms with Gasteiger partial charge < -0.3 is 30.0 Å². The van der Waals surface area contributed by atoms with E-state index in [1.54, 1.807) is 0 Å². The molecule has 0 aromatic carbocycles. The molecule has 0 unspecified atom stereocenters. The highest BCUT2D eigenvalue weighted by Crippen LogP contribution is 1.94. The summed E-state index contributed by atoms with van der Waals surface area (Å²) in [4.78, 5) is 58.7. The second-order valence-electron chi connectivity index (χ2n) is 4.28. The third kappa shape index (κ3) is 19.4. The first-order chi connectivity index (χ1) is 10.9. The molecule has 14 heteroatoms. The van der Waals surface area contributed by atoms with Crippen molar-refractivity contribution >= 4 is 33.0 Å². The Hall–Kier alpha value is -2.58. The highest BCUT2D eigenvalue weighted by Gasteiger charge is 2.17. The Balaban J connectivity index is 0. The SMILES string of the molecule is O=C(O)CN(CCN(CC(=O)O)CC(=O)O)CC(=O)O.O=[Si](O)O. The fraction of sp³-hybridized carbons (Fsp3) is 0.600. The summed E-state index contributed by atoms with van der Waals surface area (Å²) in [5.41, 5.74) is 0. The Kier molecular flexibility index (Phi) is 12.7. The van der Waals surface area contributed by atoms with Gasteiger partial charge in [-0.2, -0.15) is 0 Å². The average Bonchev–Trinajstić information content (AvgIpc) is 2.32. The minimum absolute atomic E-state index is 0.0703. The second kappa shape index (κ2) is 12.9. The molecule has 0 spiro atoms. The first kappa shape index (κ1) is 23.7.